The predicted octanol–water partition coefficient (Wildman–Crippen LogP) is 4.40. The molecule has 0 saturated carbocycles. The van der Waals surface area contributed by atoms with Gasteiger partial charge in [0.1, 0.15) is 5.82 Å². The third-order valence-corrected chi connectivity index (χ3v) is 4.68. The molecule has 1 heterocycles. The van der Waals surface area contributed by atoms with Gasteiger partial charge in [-0.2, -0.15) is 0 Å². The molecule has 0 atom stereocenters. The van der Waals surface area contributed by atoms with Crippen LogP contribution in [0.3, 0.4) is 0 Å². The van der Waals surface area contributed by atoms with E-state index in [0.29, 0.717) is 32.3 Å². The SMILES string of the molecule is Nn1c(SCc2ccc(F)cc2)nnc1-c1ccc(Cl)cc1Cl. The van der Waals surface area contributed by atoms with E-state index in [1.807, 2.05) is 0 Å². The van der Waals surface area contributed by atoms with Crippen LogP contribution < -0.4 is 5.84 Å². The van der Waals surface area contributed by atoms with Crippen molar-refractivity contribution in [1.29, 1.82) is 0 Å². The molecule has 0 spiro atoms. The molecule has 0 amide bonds. The molecule has 0 aliphatic carbocycles. The lowest BCUT2D eigenvalue weighted by molar-refractivity contribution is 0.627. The van der Waals surface area contributed by atoms with Gasteiger partial charge in [0.25, 0.3) is 0 Å². The van der Waals surface area contributed by atoms with E-state index in [4.69, 9.17) is 29.0 Å². The number of nitrogen functional groups attached to an aromatic ring is 1. The average molecular weight is 369 g/mol. The monoisotopic (exact) mass is 368 g/mol. The molecule has 0 saturated heterocycles. The molecule has 4 nitrogen and oxygen atoms in total. The van der Waals surface area contributed by atoms with Crippen LogP contribution in [0.2, 0.25) is 10.0 Å². The van der Waals surface area contributed by atoms with Gasteiger partial charge < -0.3 is 5.84 Å². The van der Waals surface area contributed by atoms with Crippen molar-refractivity contribution in [2.24, 2.45) is 0 Å². The number of rotatable bonds is 4. The zero-order valence-corrected chi connectivity index (χ0v) is 14.0. The van der Waals surface area contributed by atoms with E-state index in [9.17, 15) is 4.39 Å². The van der Waals surface area contributed by atoms with Crippen molar-refractivity contribution in [3.63, 3.8) is 0 Å². The molecule has 0 fully saturated rings. The number of thioether (sulfide) groups is 1. The first-order valence-electron chi connectivity index (χ1n) is 6.58. The van der Waals surface area contributed by atoms with E-state index in [2.05, 4.69) is 10.2 Å². The summed E-state index contributed by atoms with van der Waals surface area (Å²) in [6.07, 6.45) is 0. The number of hydrogen-bond donors (Lipinski definition) is 1. The third-order valence-electron chi connectivity index (χ3n) is 3.12. The van der Waals surface area contributed by atoms with Crippen LogP contribution >= 0.6 is 35.0 Å². The largest absolute Gasteiger partial charge is 0.335 e. The van der Waals surface area contributed by atoms with E-state index in [-0.39, 0.29) is 5.82 Å². The molecule has 2 N–H and O–H groups in total. The molecule has 8 heteroatoms. The molecule has 0 radical (unpaired) electrons. The number of nitrogens with zero attached hydrogens (tertiary/aromatic N) is 3. The Kier molecular flexibility index (Phi) is 4.75. The highest BCUT2D eigenvalue weighted by Crippen LogP contribution is 2.30. The summed E-state index contributed by atoms with van der Waals surface area (Å²) in [7, 11) is 0. The highest BCUT2D eigenvalue weighted by atomic mass is 35.5. The first kappa shape index (κ1) is 16.1. The lowest BCUT2D eigenvalue weighted by Crippen LogP contribution is -2.11. The smallest absolute Gasteiger partial charge is 0.210 e. The molecule has 0 unspecified atom stereocenters. The first-order valence-corrected chi connectivity index (χ1v) is 8.32. The van der Waals surface area contributed by atoms with Gasteiger partial charge in [-0.25, -0.2) is 9.07 Å². The average Bonchev–Trinajstić information content (AvgIpc) is 2.88. The van der Waals surface area contributed by atoms with Crippen LogP contribution in [0, 0.1) is 5.82 Å². The number of benzene rings is 2. The van der Waals surface area contributed by atoms with Gasteiger partial charge in [-0.1, -0.05) is 47.1 Å². The number of hydrogen-bond acceptors (Lipinski definition) is 4. The second kappa shape index (κ2) is 6.78. The van der Waals surface area contributed by atoms with E-state index in [1.165, 1.54) is 28.6 Å². The molecule has 3 aromatic rings. The minimum Gasteiger partial charge on any atom is -0.335 e. The highest BCUT2D eigenvalue weighted by Gasteiger charge is 2.15. The zero-order chi connectivity index (χ0) is 16.4. The summed E-state index contributed by atoms with van der Waals surface area (Å²) in [6.45, 7) is 0. The van der Waals surface area contributed by atoms with Crippen molar-refractivity contribution in [2.75, 3.05) is 5.84 Å². The summed E-state index contributed by atoms with van der Waals surface area (Å²) < 4.78 is 14.3. The van der Waals surface area contributed by atoms with Gasteiger partial charge in [0.05, 0.1) is 5.02 Å². The minimum absolute atomic E-state index is 0.264. The second-order valence-corrected chi connectivity index (χ2v) is 6.50. The van der Waals surface area contributed by atoms with E-state index < -0.39 is 0 Å². The zero-order valence-electron chi connectivity index (χ0n) is 11.7. The molecule has 0 aliphatic heterocycles. The van der Waals surface area contributed by atoms with Crippen LogP contribution in [0.25, 0.3) is 11.4 Å². The van der Waals surface area contributed by atoms with Gasteiger partial charge in [-0.15, -0.1) is 10.2 Å². The molecule has 3 rings (SSSR count). The Labute approximate surface area is 146 Å². The van der Waals surface area contributed by atoms with Gasteiger partial charge in [-0.3, -0.25) is 0 Å². The summed E-state index contributed by atoms with van der Waals surface area (Å²) >= 11 is 13.5. The maximum absolute atomic E-state index is 12.9. The molecule has 118 valence electrons. The Morgan fingerprint density at radius 3 is 2.52 bits per heavy atom. The van der Waals surface area contributed by atoms with Crippen LogP contribution in [0.1, 0.15) is 5.56 Å². The van der Waals surface area contributed by atoms with Gasteiger partial charge >= 0.3 is 0 Å². The fraction of sp³-hybridized carbons (Fsp3) is 0.0667. The Bertz CT molecular complexity index is 836. The normalized spacial score (nSPS) is 10.9. The lowest BCUT2D eigenvalue weighted by Gasteiger charge is -2.06. The fourth-order valence-electron chi connectivity index (χ4n) is 1.96. The minimum atomic E-state index is -0.264. The van der Waals surface area contributed by atoms with Crippen molar-refractivity contribution in [2.45, 2.75) is 10.9 Å². The quantitative estimate of drug-likeness (QED) is 0.547. The Balaban J connectivity index is 1.80. The maximum atomic E-state index is 12.9. The highest BCUT2D eigenvalue weighted by molar-refractivity contribution is 7.98. The molecule has 1 aromatic heterocycles. The summed E-state index contributed by atoms with van der Waals surface area (Å²) in [5.74, 6) is 6.84. The fourth-order valence-corrected chi connectivity index (χ4v) is 3.26. The van der Waals surface area contributed by atoms with Gasteiger partial charge in [0.15, 0.2) is 5.82 Å². The predicted molar refractivity (Wildman–Crippen MR) is 91.6 cm³/mol. The van der Waals surface area contributed by atoms with Crippen LogP contribution in [0.15, 0.2) is 47.6 Å². The molecular formula is C15H11Cl2FN4S. The van der Waals surface area contributed by atoms with Crippen molar-refractivity contribution in [3.05, 3.63) is 63.9 Å². The van der Waals surface area contributed by atoms with Crippen molar-refractivity contribution in [3.8, 4) is 11.4 Å². The van der Waals surface area contributed by atoms with E-state index >= 15 is 0 Å². The molecule has 0 bridgehead atoms. The standard InChI is InChI=1S/C15H11Cl2FN4S/c16-10-3-6-12(13(17)7-10)14-20-21-15(22(14)19)23-8-9-1-4-11(18)5-2-9/h1-7H,8,19H2. The van der Waals surface area contributed by atoms with Gasteiger partial charge in [-0.05, 0) is 35.9 Å². The second-order valence-electron chi connectivity index (χ2n) is 4.72. The summed E-state index contributed by atoms with van der Waals surface area (Å²) in [6, 6.07) is 11.4. The number of nitrogens with two attached hydrogens (primary N) is 1. The third kappa shape index (κ3) is 3.60. The summed E-state index contributed by atoms with van der Waals surface area (Å²) in [5, 5.41) is 9.68. The van der Waals surface area contributed by atoms with Gasteiger partial charge in [0.2, 0.25) is 5.16 Å². The van der Waals surface area contributed by atoms with Gasteiger partial charge in [0, 0.05) is 16.3 Å². The molecule has 23 heavy (non-hydrogen) atoms. The van der Waals surface area contributed by atoms with Crippen molar-refractivity contribution in [1.82, 2.24) is 14.9 Å². The topological polar surface area (TPSA) is 56.7 Å². The number of aromatic nitrogens is 3. The maximum Gasteiger partial charge on any atom is 0.210 e. The van der Waals surface area contributed by atoms with Crippen LogP contribution in [-0.2, 0) is 5.75 Å². The number of halogens is 3. The van der Waals surface area contributed by atoms with Crippen LogP contribution in [-0.4, -0.2) is 14.9 Å². The van der Waals surface area contributed by atoms with Crippen LogP contribution in [0.4, 0.5) is 4.39 Å². The molecular weight excluding hydrogens is 358 g/mol. The van der Waals surface area contributed by atoms with Crippen LogP contribution in [0.5, 0.6) is 0 Å². The van der Waals surface area contributed by atoms with E-state index in [1.54, 1.807) is 30.3 Å². The molecule has 0 aliphatic rings. The Morgan fingerprint density at radius 2 is 1.83 bits per heavy atom. The van der Waals surface area contributed by atoms with Crippen molar-refractivity contribution < 1.29 is 4.39 Å². The lowest BCUT2D eigenvalue weighted by atomic mass is 10.2. The Hall–Kier alpha value is -1.76. The van der Waals surface area contributed by atoms with E-state index in [0.717, 1.165) is 5.56 Å². The summed E-state index contributed by atoms with van der Waals surface area (Å²) in [5.41, 5.74) is 1.62. The molecule has 2 aromatic carbocycles. The Morgan fingerprint density at radius 1 is 1.09 bits per heavy atom. The first-order chi connectivity index (χ1) is 11.0. The van der Waals surface area contributed by atoms with Crippen molar-refractivity contribution >= 4 is 35.0 Å². The summed E-state index contributed by atoms with van der Waals surface area (Å²) in [4.78, 5) is 0.